The lowest BCUT2D eigenvalue weighted by Gasteiger charge is -2.16. The molecule has 0 spiro atoms. The predicted molar refractivity (Wildman–Crippen MR) is 66.8 cm³/mol. The summed E-state index contributed by atoms with van der Waals surface area (Å²) in [6.07, 6.45) is 2.42. The lowest BCUT2D eigenvalue weighted by molar-refractivity contribution is 0.183. The molecule has 1 unspecified atom stereocenters. The van der Waals surface area contributed by atoms with Gasteiger partial charge in [-0.1, -0.05) is 18.2 Å². The summed E-state index contributed by atoms with van der Waals surface area (Å²) in [5.41, 5.74) is 0.532. The van der Waals surface area contributed by atoms with E-state index >= 15 is 0 Å². The van der Waals surface area contributed by atoms with E-state index in [-0.39, 0.29) is 19.4 Å². The Labute approximate surface area is 101 Å². The third kappa shape index (κ3) is 3.33. The van der Waals surface area contributed by atoms with Crippen molar-refractivity contribution in [3.8, 4) is 5.75 Å². The van der Waals surface area contributed by atoms with Crippen LogP contribution in [-0.4, -0.2) is 18.6 Å². The van der Waals surface area contributed by atoms with Crippen LogP contribution in [0, 0.1) is 0 Å². The molecule has 0 heterocycles. The van der Waals surface area contributed by atoms with Crippen LogP contribution in [0.15, 0.2) is 41.6 Å². The van der Waals surface area contributed by atoms with Crippen molar-refractivity contribution in [1.82, 2.24) is 0 Å². The number of allylic oxidation sites excluding steroid dienone is 2. The molecule has 4 heteroatoms. The first-order valence-corrected chi connectivity index (χ1v) is 5.98. The molecule has 90 valence electrons. The maximum atomic E-state index is 13.5. The molecule has 1 aliphatic rings. The maximum Gasteiger partial charge on any atom is 0.303 e. The number of halogens is 1. The van der Waals surface area contributed by atoms with Crippen LogP contribution in [0.1, 0.15) is 25.7 Å². The molecular weight excluding hydrogens is 218 g/mol. The minimum atomic E-state index is -0.177. The fourth-order valence-corrected chi connectivity index (χ4v) is 2.05. The molecule has 0 radical (unpaired) electrons. The summed E-state index contributed by atoms with van der Waals surface area (Å²) in [5.74, 6) is 0.664. The molecule has 2 nitrogen and oxygen atoms in total. The number of rotatable bonds is 3. The van der Waals surface area contributed by atoms with E-state index in [9.17, 15) is 4.39 Å². The van der Waals surface area contributed by atoms with Gasteiger partial charge in [-0.3, -0.25) is 0 Å². The Bertz CT molecular complexity index is 392. The van der Waals surface area contributed by atoms with E-state index in [2.05, 4.69) is 0 Å². The van der Waals surface area contributed by atoms with Gasteiger partial charge in [0.1, 0.15) is 5.75 Å². The van der Waals surface area contributed by atoms with Crippen LogP contribution >= 0.6 is 0 Å². The number of ether oxygens (including phenoxy) is 1. The molecule has 0 saturated heterocycles. The number of para-hydroxylation sites is 1. The average Bonchev–Trinajstić information content (AvgIpc) is 2.53. The average molecular weight is 234 g/mol. The molecule has 0 aromatic heterocycles. The van der Waals surface area contributed by atoms with Crippen molar-refractivity contribution in [2.45, 2.75) is 31.8 Å². The van der Waals surface area contributed by atoms with Gasteiger partial charge in [-0.25, -0.2) is 4.39 Å². The number of hydrogen-bond acceptors (Lipinski definition) is 2. The highest BCUT2D eigenvalue weighted by Crippen LogP contribution is 2.26. The van der Waals surface area contributed by atoms with Gasteiger partial charge in [-0.15, -0.1) is 0 Å². The highest BCUT2D eigenvalue weighted by molar-refractivity contribution is 6.36. The summed E-state index contributed by atoms with van der Waals surface area (Å²) >= 11 is 0. The highest BCUT2D eigenvalue weighted by Gasteiger charge is 2.19. The SMILES string of the molecule is OBC1=C(F)CCC(Oc2ccccc2)CC1. The van der Waals surface area contributed by atoms with E-state index in [1.54, 1.807) is 0 Å². The quantitative estimate of drug-likeness (QED) is 0.814. The van der Waals surface area contributed by atoms with Crippen LogP contribution in [0.5, 0.6) is 5.75 Å². The molecule has 0 bridgehead atoms. The molecule has 0 saturated carbocycles. The van der Waals surface area contributed by atoms with Gasteiger partial charge in [0, 0.05) is 6.42 Å². The lowest BCUT2D eigenvalue weighted by Crippen LogP contribution is -2.15. The van der Waals surface area contributed by atoms with Gasteiger partial charge in [-0.05, 0) is 36.9 Å². The molecule has 1 N–H and O–H groups in total. The Morgan fingerprint density at radius 3 is 2.59 bits per heavy atom. The molecule has 1 aliphatic carbocycles. The third-order valence-electron chi connectivity index (χ3n) is 3.07. The van der Waals surface area contributed by atoms with E-state index in [0.717, 1.165) is 12.2 Å². The van der Waals surface area contributed by atoms with Gasteiger partial charge in [-0.2, -0.15) is 0 Å². The third-order valence-corrected chi connectivity index (χ3v) is 3.07. The largest absolute Gasteiger partial charge is 0.490 e. The second kappa shape index (κ2) is 5.87. The standard InChI is InChI=1S/C13H16BFO2/c15-13-9-7-11(6-8-12(13)14-16)17-10-4-2-1-3-5-10/h1-5,11,14,16H,6-9H2. The lowest BCUT2D eigenvalue weighted by atomic mass is 9.84. The van der Waals surface area contributed by atoms with Gasteiger partial charge in [0.15, 0.2) is 0 Å². The summed E-state index contributed by atoms with van der Waals surface area (Å²) in [5, 5.41) is 9.02. The fourth-order valence-electron chi connectivity index (χ4n) is 2.05. The first-order chi connectivity index (χ1) is 8.29. The molecule has 0 fully saturated rings. The molecule has 17 heavy (non-hydrogen) atoms. The molecule has 1 aromatic carbocycles. The summed E-state index contributed by atoms with van der Waals surface area (Å²) in [6, 6.07) is 9.59. The first-order valence-electron chi connectivity index (χ1n) is 5.98. The predicted octanol–water partition coefficient (Wildman–Crippen LogP) is 2.53. The smallest absolute Gasteiger partial charge is 0.303 e. The van der Waals surface area contributed by atoms with Crippen molar-refractivity contribution < 1.29 is 14.2 Å². The van der Waals surface area contributed by atoms with Crippen molar-refractivity contribution in [3.63, 3.8) is 0 Å². The van der Waals surface area contributed by atoms with Crippen LogP contribution in [0.4, 0.5) is 4.39 Å². The maximum absolute atomic E-state index is 13.5. The van der Waals surface area contributed by atoms with Crippen LogP contribution in [-0.2, 0) is 0 Å². The van der Waals surface area contributed by atoms with Gasteiger partial charge >= 0.3 is 7.48 Å². The minimum absolute atomic E-state index is 0.0344. The molecule has 2 rings (SSSR count). The Morgan fingerprint density at radius 2 is 1.88 bits per heavy atom. The number of hydrogen-bond donors (Lipinski definition) is 1. The molecule has 0 amide bonds. The van der Waals surface area contributed by atoms with E-state index in [4.69, 9.17) is 9.76 Å². The van der Waals surface area contributed by atoms with Crippen molar-refractivity contribution in [1.29, 1.82) is 0 Å². The summed E-state index contributed by atoms with van der Waals surface area (Å²) in [6.45, 7) is 0. The van der Waals surface area contributed by atoms with Crippen LogP contribution in [0.2, 0.25) is 0 Å². The Hall–Kier alpha value is -1.29. The van der Waals surface area contributed by atoms with E-state index in [1.165, 1.54) is 0 Å². The van der Waals surface area contributed by atoms with E-state index in [1.807, 2.05) is 30.3 Å². The zero-order valence-corrected chi connectivity index (χ0v) is 9.73. The zero-order valence-electron chi connectivity index (χ0n) is 9.73. The summed E-state index contributed by atoms with van der Waals surface area (Å²) < 4.78 is 19.3. The normalized spacial score (nSPS) is 20.9. The molecule has 1 aromatic rings. The first kappa shape index (κ1) is 12.2. The molecular formula is C13H16BFO2. The van der Waals surface area contributed by atoms with Crippen molar-refractivity contribution in [2.75, 3.05) is 0 Å². The van der Waals surface area contributed by atoms with Crippen LogP contribution < -0.4 is 4.74 Å². The second-order valence-electron chi connectivity index (χ2n) is 4.30. The van der Waals surface area contributed by atoms with E-state index in [0.29, 0.717) is 24.7 Å². The van der Waals surface area contributed by atoms with Gasteiger partial charge in [0.2, 0.25) is 0 Å². The molecule has 0 aliphatic heterocycles. The summed E-state index contributed by atoms with van der Waals surface area (Å²) in [4.78, 5) is 0. The van der Waals surface area contributed by atoms with Crippen molar-refractivity contribution in [2.24, 2.45) is 0 Å². The van der Waals surface area contributed by atoms with Crippen molar-refractivity contribution in [3.05, 3.63) is 41.6 Å². The molecule has 1 atom stereocenters. The fraction of sp³-hybridized carbons (Fsp3) is 0.385. The second-order valence-corrected chi connectivity index (χ2v) is 4.30. The Kier molecular flexibility index (Phi) is 4.21. The van der Waals surface area contributed by atoms with Gasteiger partial charge in [0.05, 0.1) is 11.9 Å². The van der Waals surface area contributed by atoms with Gasteiger partial charge in [0.25, 0.3) is 0 Å². The Morgan fingerprint density at radius 1 is 1.18 bits per heavy atom. The zero-order chi connectivity index (χ0) is 12.1. The van der Waals surface area contributed by atoms with Crippen LogP contribution in [0.3, 0.4) is 0 Å². The number of benzene rings is 1. The monoisotopic (exact) mass is 234 g/mol. The summed E-state index contributed by atoms with van der Waals surface area (Å²) in [7, 11) is -0.177. The highest BCUT2D eigenvalue weighted by atomic mass is 19.1. The Balaban J connectivity index is 1.94. The minimum Gasteiger partial charge on any atom is -0.490 e. The van der Waals surface area contributed by atoms with Gasteiger partial charge < -0.3 is 9.76 Å². The topological polar surface area (TPSA) is 29.5 Å². The van der Waals surface area contributed by atoms with Crippen molar-refractivity contribution >= 4 is 7.48 Å². The van der Waals surface area contributed by atoms with E-state index < -0.39 is 0 Å². The van der Waals surface area contributed by atoms with Crippen LogP contribution in [0.25, 0.3) is 0 Å².